The minimum Gasteiger partial charge on any atom is -0.314 e. The Morgan fingerprint density at radius 3 is 3.08 bits per heavy atom. The Labute approximate surface area is 83.4 Å². The summed E-state index contributed by atoms with van der Waals surface area (Å²) in [7, 11) is 0. The lowest BCUT2D eigenvalue weighted by Gasteiger charge is -2.28. The van der Waals surface area contributed by atoms with Crippen LogP contribution in [0.2, 0.25) is 0 Å². The molecule has 13 heavy (non-hydrogen) atoms. The van der Waals surface area contributed by atoms with Gasteiger partial charge < -0.3 is 10.6 Å². The zero-order valence-corrected chi connectivity index (χ0v) is 8.79. The van der Waals surface area contributed by atoms with Crippen molar-refractivity contribution < 1.29 is 0 Å². The lowest BCUT2D eigenvalue weighted by atomic mass is 10.1. The Kier molecular flexibility index (Phi) is 2.98. The topological polar surface area (TPSA) is 24.1 Å². The van der Waals surface area contributed by atoms with E-state index in [1.807, 2.05) is 11.3 Å². The maximum Gasteiger partial charge on any atom is 0.0320 e. The lowest BCUT2D eigenvalue weighted by Crippen LogP contribution is -2.54. The van der Waals surface area contributed by atoms with Gasteiger partial charge in [0.05, 0.1) is 0 Å². The van der Waals surface area contributed by atoms with E-state index < -0.39 is 0 Å². The van der Waals surface area contributed by atoms with E-state index in [4.69, 9.17) is 0 Å². The number of aryl methyl sites for hydroxylation is 1. The van der Waals surface area contributed by atoms with Gasteiger partial charge in [0, 0.05) is 30.6 Å². The summed E-state index contributed by atoms with van der Waals surface area (Å²) in [6.07, 6.45) is 1.16. The van der Waals surface area contributed by atoms with E-state index in [9.17, 15) is 0 Å². The van der Waals surface area contributed by atoms with Gasteiger partial charge in [-0.25, -0.2) is 0 Å². The van der Waals surface area contributed by atoms with Gasteiger partial charge in [-0.2, -0.15) is 0 Å². The fraction of sp³-hybridized carbons (Fsp3) is 0.600. The SMILES string of the molecule is CCc1ccsc1CNC1CNC1. The molecule has 2 N–H and O–H groups in total. The summed E-state index contributed by atoms with van der Waals surface area (Å²) >= 11 is 1.87. The molecule has 1 fully saturated rings. The molecule has 0 saturated carbocycles. The Morgan fingerprint density at radius 1 is 1.62 bits per heavy atom. The smallest absolute Gasteiger partial charge is 0.0320 e. The molecule has 72 valence electrons. The van der Waals surface area contributed by atoms with Crippen LogP contribution in [-0.4, -0.2) is 19.1 Å². The monoisotopic (exact) mass is 196 g/mol. The minimum atomic E-state index is 0.701. The van der Waals surface area contributed by atoms with Crippen molar-refractivity contribution in [2.24, 2.45) is 0 Å². The van der Waals surface area contributed by atoms with Gasteiger partial charge in [-0.15, -0.1) is 11.3 Å². The number of hydrogen-bond donors (Lipinski definition) is 2. The zero-order chi connectivity index (χ0) is 9.10. The van der Waals surface area contributed by atoms with Crippen LogP contribution in [0, 0.1) is 0 Å². The van der Waals surface area contributed by atoms with Crippen molar-refractivity contribution in [3.63, 3.8) is 0 Å². The van der Waals surface area contributed by atoms with Gasteiger partial charge in [0.1, 0.15) is 0 Å². The van der Waals surface area contributed by atoms with Crippen molar-refractivity contribution in [3.05, 3.63) is 21.9 Å². The van der Waals surface area contributed by atoms with Crippen LogP contribution in [0.5, 0.6) is 0 Å². The normalized spacial score (nSPS) is 17.3. The highest BCUT2D eigenvalue weighted by atomic mass is 32.1. The fourth-order valence-corrected chi connectivity index (χ4v) is 2.43. The van der Waals surface area contributed by atoms with Crippen molar-refractivity contribution >= 4 is 11.3 Å². The Hall–Kier alpha value is -0.380. The maximum atomic E-state index is 3.54. The largest absolute Gasteiger partial charge is 0.314 e. The summed E-state index contributed by atoms with van der Waals surface area (Å²) in [4.78, 5) is 1.51. The van der Waals surface area contributed by atoms with Crippen LogP contribution in [0.1, 0.15) is 17.4 Å². The van der Waals surface area contributed by atoms with Gasteiger partial charge >= 0.3 is 0 Å². The molecule has 0 radical (unpaired) electrons. The predicted octanol–water partition coefficient (Wildman–Crippen LogP) is 1.37. The second-order valence-corrected chi connectivity index (χ2v) is 4.46. The van der Waals surface area contributed by atoms with Crippen LogP contribution in [0.3, 0.4) is 0 Å². The molecule has 1 aliphatic rings. The highest BCUT2D eigenvalue weighted by Crippen LogP contribution is 2.17. The summed E-state index contributed by atoms with van der Waals surface area (Å²) in [6.45, 7) is 5.53. The van der Waals surface area contributed by atoms with E-state index in [1.165, 1.54) is 10.4 Å². The van der Waals surface area contributed by atoms with Crippen molar-refractivity contribution in [2.45, 2.75) is 25.9 Å². The van der Waals surface area contributed by atoms with Crippen LogP contribution in [-0.2, 0) is 13.0 Å². The molecular formula is C10H16N2S. The number of nitrogens with one attached hydrogen (secondary N) is 2. The third-order valence-electron chi connectivity index (χ3n) is 2.55. The van der Waals surface area contributed by atoms with Crippen molar-refractivity contribution in [3.8, 4) is 0 Å². The molecule has 1 aromatic heterocycles. The molecule has 3 heteroatoms. The third kappa shape index (κ3) is 2.10. The van der Waals surface area contributed by atoms with E-state index in [1.54, 1.807) is 0 Å². The van der Waals surface area contributed by atoms with Crippen LogP contribution in [0.25, 0.3) is 0 Å². The Morgan fingerprint density at radius 2 is 2.46 bits per heavy atom. The number of hydrogen-bond acceptors (Lipinski definition) is 3. The summed E-state index contributed by atoms with van der Waals surface area (Å²) in [6, 6.07) is 2.94. The van der Waals surface area contributed by atoms with Gasteiger partial charge in [-0.3, -0.25) is 0 Å². The average Bonchev–Trinajstić information content (AvgIpc) is 2.49. The summed E-state index contributed by atoms with van der Waals surface area (Å²) in [5.74, 6) is 0. The molecule has 2 heterocycles. The molecule has 0 aliphatic carbocycles. The van der Waals surface area contributed by atoms with Crippen LogP contribution in [0.4, 0.5) is 0 Å². The fourth-order valence-electron chi connectivity index (χ4n) is 1.51. The van der Waals surface area contributed by atoms with E-state index in [0.717, 1.165) is 26.1 Å². The quantitative estimate of drug-likeness (QED) is 0.760. The molecule has 0 bridgehead atoms. The molecular weight excluding hydrogens is 180 g/mol. The predicted molar refractivity (Wildman–Crippen MR) is 57.2 cm³/mol. The van der Waals surface area contributed by atoms with E-state index >= 15 is 0 Å². The highest BCUT2D eigenvalue weighted by molar-refractivity contribution is 7.10. The first-order valence-corrected chi connectivity index (χ1v) is 5.77. The van der Waals surface area contributed by atoms with E-state index in [2.05, 4.69) is 29.0 Å². The molecule has 0 spiro atoms. The van der Waals surface area contributed by atoms with Crippen LogP contribution >= 0.6 is 11.3 Å². The first-order chi connectivity index (χ1) is 6.40. The highest BCUT2D eigenvalue weighted by Gasteiger charge is 2.15. The van der Waals surface area contributed by atoms with Crippen LogP contribution < -0.4 is 10.6 Å². The van der Waals surface area contributed by atoms with Gasteiger partial charge in [-0.1, -0.05) is 6.92 Å². The first kappa shape index (κ1) is 9.19. The lowest BCUT2D eigenvalue weighted by molar-refractivity contribution is 0.366. The van der Waals surface area contributed by atoms with E-state index in [0.29, 0.717) is 6.04 Å². The summed E-state index contributed by atoms with van der Waals surface area (Å²) in [5, 5.41) is 8.99. The van der Waals surface area contributed by atoms with E-state index in [-0.39, 0.29) is 0 Å². The minimum absolute atomic E-state index is 0.701. The zero-order valence-electron chi connectivity index (χ0n) is 7.97. The van der Waals surface area contributed by atoms with Gasteiger partial charge in [0.15, 0.2) is 0 Å². The second kappa shape index (κ2) is 4.22. The number of rotatable bonds is 4. The maximum absolute atomic E-state index is 3.54. The molecule has 0 unspecified atom stereocenters. The Balaban J connectivity index is 1.85. The molecule has 1 aromatic rings. The third-order valence-corrected chi connectivity index (χ3v) is 3.51. The average molecular weight is 196 g/mol. The van der Waals surface area contributed by atoms with Gasteiger partial charge in [0.2, 0.25) is 0 Å². The van der Waals surface area contributed by atoms with Crippen LogP contribution in [0.15, 0.2) is 11.4 Å². The molecule has 1 aliphatic heterocycles. The molecule has 0 aromatic carbocycles. The molecule has 2 nitrogen and oxygen atoms in total. The first-order valence-electron chi connectivity index (χ1n) is 4.89. The summed E-state index contributed by atoms with van der Waals surface area (Å²) in [5.41, 5.74) is 1.50. The second-order valence-electron chi connectivity index (χ2n) is 3.46. The number of thiophene rings is 1. The molecule has 1 saturated heterocycles. The molecule has 0 atom stereocenters. The summed E-state index contributed by atoms with van der Waals surface area (Å²) < 4.78 is 0. The van der Waals surface area contributed by atoms with Crippen molar-refractivity contribution in [1.29, 1.82) is 0 Å². The van der Waals surface area contributed by atoms with Gasteiger partial charge in [-0.05, 0) is 23.4 Å². The molecule has 0 amide bonds. The van der Waals surface area contributed by atoms with Gasteiger partial charge in [0.25, 0.3) is 0 Å². The van der Waals surface area contributed by atoms with Crippen molar-refractivity contribution in [1.82, 2.24) is 10.6 Å². The Bertz CT molecular complexity index is 266. The van der Waals surface area contributed by atoms with Crippen molar-refractivity contribution in [2.75, 3.05) is 13.1 Å². The standard InChI is InChI=1S/C10H16N2S/c1-2-8-3-4-13-10(8)7-12-9-5-11-6-9/h3-4,9,11-12H,2,5-7H2,1H3. The molecule has 2 rings (SSSR count).